The molecule has 0 saturated carbocycles. The zero-order chi connectivity index (χ0) is 12.3. The van der Waals surface area contributed by atoms with Crippen LogP contribution in [0.15, 0.2) is 6.33 Å². The Labute approximate surface area is 102 Å². The molecule has 3 heterocycles. The van der Waals surface area contributed by atoms with Gasteiger partial charge in [0.15, 0.2) is 10.8 Å². The SMILES string of the molecule is Nc1nc(Cl)c2nc[nH]c2n1.O=C1CCCN1. The van der Waals surface area contributed by atoms with Gasteiger partial charge in [0, 0.05) is 13.0 Å². The summed E-state index contributed by atoms with van der Waals surface area (Å²) in [5.74, 6) is 0.349. The van der Waals surface area contributed by atoms with Crippen molar-refractivity contribution in [2.45, 2.75) is 12.8 Å². The molecular formula is C9H11ClN6O. The standard InChI is InChI=1S/C5H4ClN5.C4H7NO/c6-3-2-4(9-1-8-2)11-5(7)10-3;6-4-2-1-3-5-4/h1H,(H3,7,8,9,10,11);1-3H2,(H,5,6). The van der Waals surface area contributed by atoms with E-state index in [-0.39, 0.29) is 17.0 Å². The van der Waals surface area contributed by atoms with E-state index in [2.05, 4.69) is 25.3 Å². The maximum Gasteiger partial charge on any atom is 0.223 e. The first kappa shape index (κ1) is 11.6. The van der Waals surface area contributed by atoms with Crippen LogP contribution in [0.4, 0.5) is 5.95 Å². The van der Waals surface area contributed by atoms with Gasteiger partial charge in [-0.05, 0) is 6.42 Å². The molecule has 1 aliphatic heterocycles. The van der Waals surface area contributed by atoms with Gasteiger partial charge >= 0.3 is 0 Å². The molecule has 4 N–H and O–H groups in total. The monoisotopic (exact) mass is 254 g/mol. The summed E-state index contributed by atoms with van der Waals surface area (Å²) >= 11 is 5.69. The normalized spacial score (nSPS) is 14.3. The van der Waals surface area contributed by atoms with Crippen molar-refractivity contribution in [2.75, 3.05) is 12.3 Å². The number of hydrogen-bond donors (Lipinski definition) is 3. The van der Waals surface area contributed by atoms with Crippen LogP contribution in [0.5, 0.6) is 0 Å². The van der Waals surface area contributed by atoms with Gasteiger partial charge in [0.05, 0.1) is 6.33 Å². The number of carbonyl (C=O) groups is 1. The third-order valence-electron chi connectivity index (χ3n) is 2.16. The number of aromatic nitrogens is 4. The number of anilines is 1. The van der Waals surface area contributed by atoms with E-state index in [1.165, 1.54) is 6.33 Å². The van der Waals surface area contributed by atoms with Gasteiger partial charge in [0.1, 0.15) is 5.52 Å². The Hall–Kier alpha value is -1.89. The number of H-pyrrole nitrogens is 1. The van der Waals surface area contributed by atoms with Crippen LogP contribution in [-0.4, -0.2) is 32.4 Å². The minimum absolute atomic E-state index is 0.145. The molecule has 1 saturated heterocycles. The maximum atomic E-state index is 10.1. The summed E-state index contributed by atoms with van der Waals surface area (Å²) in [6, 6.07) is 0. The van der Waals surface area contributed by atoms with Gasteiger partial charge in [-0.2, -0.15) is 9.97 Å². The fourth-order valence-electron chi connectivity index (χ4n) is 1.38. The molecule has 1 amide bonds. The molecule has 1 fully saturated rings. The van der Waals surface area contributed by atoms with E-state index in [4.69, 9.17) is 17.3 Å². The molecule has 0 aliphatic carbocycles. The van der Waals surface area contributed by atoms with Crippen LogP contribution in [0.1, 0.15) is 12.8 Å². The van der Waals surface area contributed by atoms with Crippen molar-refractivity contribution in [3.8, 4) is 0 Å². The van der Waals surface area contributed by atoms with Crippen molar-refractivity contribution in [1.29, 1.82) is 0 Å². The fraction of sp³-hybridized carbons (Fsp3) is 0.333. The molecule has 90 valence electrons. The number of carbonyl (C=O) groups excluding carboxylic acids is 1. The summed E-state index contributed by atoms with van der Waals surface area (Å²) < 4.78 is 0. The molecule has 17 heavy (non-hydrogen) atoms. The highest BCUT2D eigenvalue weighted by Crippen LogP contribution is 2.16. The van der Waals surface area contributed by atoms with E-state index in [0.717, 1.165) is 19.4 Å². The van der Waals surface area contributed by atoms with Crippen molar-refractivity contribution in [3.05, 3.63) is 11.5 Å². The largest absolute Gasteiger partial charge is 0.368 e. The number of amides is 1. The van der Waals surface area contributed by atoms with Gasteiger partial charge in [-0.1, -0.05) is 11.6 Å². The van der Waals surface area contributed by atoms with Crippen LogP contribution in [0.25, 0.3) is 11.2 Å². The quantitative estimate of drug-likeness (QED) is 0.593. The maximum absolute atomic E-state index is 10.1. The minimum Gasteiger partial charge on any atom is -0.368 e. The second kappa shape index (κ2) is 4.96. The van der Waals surface area contributed by atoms with Crippen molar-refractivity contribution < 1.29 is 4.79 Å². The second-order valence-electron chi connectivity index (χ2n) is 3.43. The number of imidazole rings is 1. The number of fused-ring (bicyclic) bond motifs is 1. The number of halogens is 1. The van der Waals surface area contributed by atoms with Gasteiger partial charge in [-0.15, -0.1) is 0 Å². The Kier molecular flexibility index (Phi) is 3.38. The number of nitrogens with one attached hydrogen (secondary N) is 2. The molecule has 0 bridgehead atoms. The summed E-state index contributed by atoms with van der Waals surface area (Å²) in [4.78, 5) is 24.4. The number of nitrogens with two attached hydrogens (primary N) is 1. The molecular weight excluding hydrogens is 244 g/mol. The smallest absolute Gasteiger partial charge is 0.223 e. The molecule has 0 spiro atoms. The zero-order valence-corrected chi connectivity index (χ0v) is 9.66. The van der Waals surface area contributed by atoms with Crippen LogP contribution >= 0.6 is 11.6 Å². The number of nitrogens with zero attached hydrogens (tertiary/aromatic N) is 3. The Morgan fingerprint density at radius 3 is 2.82 bits per heavy atom. The van der Waals surface area contributed by atoms with Crippen LogP contribution < -0.4 is 11.1 Å². The Morgan fingerprint density at radius 1 is 1.41 bits per heavy atom. The van der Waals surface area contributed by atoms with E-state index >= 15 is 0 Å². The van der Waals surface area contributed by atoms with Crippen molar-refractivity contribution in [3.63, 3.8) is 0 Å². The molecule has 3 rings (SSSR count). The zero-order valence-electron chi connectivity index (χ0n) is 8.90. The lowest BCUT2D eigenvalue weighted by atomic mass is 10.4. The second-order valence-corrected chi connectivity index (χ2v) is 3.78. The summed E-state index contributed by atoms with van der Waals surface area (Å²) in [7, 11) is 0. The van der Waals surface area contributed by atoms with Crippen molar-refractivity contribution in [1.82, 2.24) is 25.3 Å². The third-order valence-corrected chi connectivity index (χ3v) is 2.42. The van der Waals surface area contributed by atoms with Crippen molar-refractivity contribution >= 4 is 34.6 Å². The molecule has 8 heteroatoms. The Bertz CT molecular complexity index is 531. The summed E-state index contributed by atoms with van der Waals surface area (Å²) in [6.07, 6.45) is 3.25. The van der Waals surface area contributed by atoms with E-state index in [1.54, 1.807) is 0 Å². The van der Waals surface area contributed by atoms with Crippen LogP contribution in [-0.2, 0) is 4.79 Å². The van der Waals surface area contributed by atoms with Crippen molar-refractivity contribution in [2.24, 2.45) is 0 Å². The highest BCUT2D eigenvalue weighted by Gasteiger charge is 2.05. The predicted molar refractivity (Wildman–Crippen MR) is 63.3 cm³/mol. The van der Waals surface area contributed by atoms with Crippen LogP contribution in [0, 0.1) is 0 Å². The predicted octanol–water partition coefficient (Wildman–Crippen LogP) is 0.485. The molecule has 7 nitrogen and oxygen atoms in total. The van der Waals surface area contributed by atoms with Gasteiger partial charge in [-0.25, -0.2) is 4.98 Å². The Morgan fingerprint density at radius 2 is 2.24 bits per heavy atom. The molecule has 0 unspecified atom stereocenters. The van der Waals surface area contributed by atoms with Crippen LogP contribution in [0.3, 0.4) is 0 Å². The van der Waals surface area contributed by atoms with E-state index < -0.39 is 0 Å². The third kappa shape index (κ3) is 2.82. The van der Waals surface area contributed by atoms with E-state index in [0.29, 0.717) is 11.2 Å². The number of hydrogen-bond acceptors (Lipinski definition) is 5. The first-order valence-corrected chi connectivity index (χ1v) is 5.43. The first-order chi connectivity index (χ1) is 8.16. The van der Waals surface area contributed by atoms with Gasteiger partial charge in [0.25, 0.3) is 0 Å². The molecule has 0 aromatic carbocycles. The molecule has 1 aliphatic rings. The van der Waals surface area contributed by atoms with Gasteiger partial charge in [0.2, 0.25) is 11.9 Å². The van der Waals surface area contributed by atoms with Gasteiger partial charge in [-0.3, -0.25) is 4.79 Å². The van der Waals surface area contributed by atoms with Crippen LogP contribution in [0.2, 0.25) is 5.15 Å². The summed E-state index contributed by atoms with van der Waals surface area (Å²) in [6.45, 7) is 0.888. The lowest BCUT2D eigenvalue weighted by molar-refractivity contribution is -0.119. The minimum atomic E-state index is 0.145. The average Bonchev–Trinajstić information content (AvgIpc) is 2.89. The fourth-order valence-corrected chi connectivity index (χ4v) is 1.61. The summed E-state index contributed by atoms with van der Waals surface area (Å²) in [5.41, 5.74) is 6.43. The number of nitrogen functional groups attached to an aromatic ring is 1. The molecule has 2 aromatic heterocycles. The molecule has 2 aromatic rings. The average molecular weight is 255 g/mol. The lowest BCUT2D eigenvalue weighted by Gasteiger charge is -1.92. The van der Waals surface area contributed by atoms with Gasteiger partial charge < -0.3 is 16.0 Å². The Balaban J connectivity index is 0.000000153. The number of aromatic amines is 1. The highest BCUT2D eigenvalue weighted by molar-refractivity contribution is 6.33. The van der Waals surface area contributed by atoms with E-state index in [9.17, 15) is 4.79 Å². The first-order valence-electron chi connectivity index (χ1n) is 5.05. The summed E-state index contributed by atoms with van der Waals surface area (Å²) in [5, 5.41) is 2.95. The molecule has 0 atom stereocenters. The lowest BCUT2D eigenvalue weighted by Crippen LogP contribution is -2.12. The number of rotatable bonds is 0. The highest BCUT2D eigenvalue weighted by atomic mass is 35.5. The van der Waals surface area contributed by atoms with E-state index in [1.807, 2.05) is 0 Å². The topological polar surface area (TPSA) is 110 Å². The molecule has 0 radical (unpaired) electrons.